The number of hydrogen-bond acceptors (Lipinski definition) is 6. The van der Waals surface area contributed by atoms with Gasteiger partial charge in [-0.1, -0.05) is 35.5 Å². The second-order valence-corrected chi connectivity index (χ2v) is 4.66. The molecule has 8 heteroatoms. The minimum atomic E-state index is -0.540. The molecule has 8 nitrogen and oxygen atoms in total. The molecule has 0 saturated heterocycles. The number of carbonyl (C=O) groups is 1. The Hall–Kier alpha value is -3.03. The maximum Gasteiger partial charge on any atom is 0.360 e. The maximum atomic E-state index is 11.9. The summed E-state index contributed by atoms with van der Waals surface area (Å²) in [6.45, 7) is 0.589. The Labute approximate surface area is 126 Å². The zero-order valence-electron chi connectivity index (χ0n) is 12.0. The van der Waals surface area contributed by atoms with E-state index in [1.165, 1.54) is 6.33 Å². The van der Waals surface area contributed by atoms with Crippen molar-refractivity contribution in [3.63, 3.8) is 0 Å². The summed E-state index contributed by atoms with van der Waals surface area (Å²) in [5, 5.41) is 11.7. The molecule has 1 aromatic carbocycles. The van der Waals surface area contributed by atoms with Gasteiger partial charge < -0.3 is 4.74 Å². The summed E-state index contributed by atoms with van der Waals surface area (Å²) in [5.41, 5.74) is 1.24. The van der Waals surface area contributed by atoms with Crippen molar-refractivity contribution < 1.29 is 9.53 Å². The van der Waals surface area contributed by atoms with E-state index in [9.17, 15) is 4.79 Å². The van der Waals surface area contributed by atoms with Gasteiger partial charge in [0.15, 0.2) is 18.1 Å². The van der Waals surface area contributed by atoms with Crippen molar-refractivity contribution in [2.75, 3.05) is 0 Å². The summed E-state index contributed by atoms with van der Waals surface area (Å²) >= 11 is 0. The maximum absolute atomic E-state index is 11.9. The lowest BCUT2D eigenvalue weighted by molar-refractivity contribution is 0.0451. The van der Waals surface area contributed by atoms with Crippen molar-refractivity contribution >= 4 is 5.97 Å². The molecule has 0 fully saturated rings. The van der Waals surface area contributed by atoms with Crippen molar-refractivity contribution in [3.05, 3.63) is 59.9 Å². The van der Waals surface area contributed by atoms with Gasteiger partial charge in [0.05, 0.1) is 12.7 Å². The molecular weight excluding hydrogens is 284 g/mol. The van der Waals surface area contributed by atoms with Crippen molar-refractivity contribution in [2.45, 2.75) is 13.2 Å². The Morgan fingerprint density at radius 1 is 1.27 bits per heavy atom. The normalized spacial score (nSPS) is 10.6. The molecule has 3 rings (SSSR count). The van der Waals surface area contributed by atoms with E-state index >= 15 is 0 Å². The molecule has 2 heterocycles. The van der Waals surface area contributed by atoms with Crippen LogP contribution in [0.5, 0.6) is 0 Å². The van der Waals surface area contributed by atoms with Crippen LogP contribution >= 0.6 is 0 Å². The predicted molar refractivity (Wildman–Crippen MR) is 75.7 cm³/mol. The quantitative estimate of drug-likeness (QED) is 0.648. The minimum absolute atomic E-state index is 0.0425. The molecule has 22 heavy (non-hydrogen) atoms. The van der Waals surface area contributed by atoms with Crippen LogP contribution in [0.25, 0.3) is 0 Å². The van der Waals surface area contributed by atoms with Gasteiger partial charge in [0.2, 0.25) is 0 Å². The lowest BCUT2D eigenvalue weighted by atomic mass is 10.2. The molecule has 0 aliphatic heterocycles. The van der Waals surface area contributed by atoms with Crippen LogP contribution < -0.4 is 0 Å². The Kier molecular flexibility index (Phi) is 3.90. The van der Waals surface area contributed by atoms with Crippen LogP contribution in [-0.4, -0.2) is 35.7 Å². The average Bonchev–Trinajstić information content (AvgIpc) is 3.15. The third-order valence-electron chi connectivity index (χ3n) is 3.07. The first kappa shape index (κ1) is 13.9. The van der Waals surface area contributed by atoms with Gasteiger partial charge in [-0.05, 0) is 5.56 Å². The molecule has 0 unspecified atom stereocenters. The van der Waals surface area contributed by atoms with Gasteiger partial charge in [-0.2, -0.15) is 5.10 Å². The van der Waals surface area contributed by atoms with E-state index < -0.39 is 5.97 Å². The van der Waals surface area contributed by atoms with Crippen molar-refractivity contribution in [1.82, 2.24) is 29.8 Å². The van der Waals surface area contributed by atoms with Gasteiger partial charge >= 0.3 is 5.97 Å². The highest BCUT2D eigenvalue weighted by atomic mass is 16.5. The van der Waals surface area contributed by atoms with Crippen LogP contribution in [0.2, 0.25) is 0 Å². The average molecular weight is 298 g/mol. The number of carbonyl (C=O) groups excluding carboxylic acids is 1. The third kappa shape index (κ3) is 3.17. The number of nitrogens with zero attached hydrogens (tertiary/aromatic N) is 6. The van der Waals surface area contributed by atoms with E-state index in [4.69, 9.17) is 4.74 Å². The number of rotatable bonds is 5. The van der Waals surface area contributed by atoms with Gasteiger partial charge in [-0.3, -0.25) is 4.68 Å². The smallest absolute Gasteiger partial charge is 0.360 e. The summed E-state index contributed by atoms with van der Waals surface area (Å²) in [6.07, 6.45) is 2.96. The third-order valence-corrected chi connectivity index (χ3v) is 3.07. The number of hydrogen-bond donors (Lipinski definition) is 0. The van der Waals surface area contributed by atoms with E-state index in [-0.39, 0.29) is 12.3 Å². The first-order chi connectivity index (χ1) is 10.7. The van der Waals surface area contributed by atoms with Gasteiger partial charge in [0.1, 0.15) is 6.33 Å². The molecule has 0 aliphatic carbocycles. The Morgan fingerprint density at radius 3 is 2.82 bits per heavy atom. The summed E-state index contributed by atoms with van der Waals surface area (Å²) in [7, 11) is 1.73. The molecule has 0 atom stereocenters. The molecule has 0 spiro atoms. The van der Waals surface area contributed by atoms with Crippen LogP contribution in [-0.2, 0) is 24.9 Å². The molecule has 3 aromatic rings. The second-order valence-electron chi connectivity index (χ2n) is 4.66. The van der Waals surface area contributed by atoms with Gasteiger partial charge in [-0.25, -0.2) is 14.5 Å². The highest BCUT2D eigenvalue weighted by Gasteiger charge is 2.14. The topological polar surface area (TPSA) is 87.7 Å². The molecule has 0 amide bonds. The van der Waals surface area contributed by atoms with Crippen molar-refractivity contribution in [1.29, 1.82) is 0 Å². The minimum Gasteiger partial charge on any atom is -0.453 e. The lowest BCUT2D eigenvalue weighted by Crippen LogP contribution is -2.09. The largest absolute Gasteiger partial charge is 0.453 e. The Morgan fingerprint density at radius 2 is 2.09 bits per heavy atom. The molecular formula is C14H14N6O2. The number of ether oxygens (including phenoxy) is 1. The molecule has 0 N–H and O–H groups in total. The van der Waals surface area contributed by atoms with Gasteiger partial charge in [0.25, 0.3) is 0 Å². The van der Waals surface area contributed by atoms with E-state index in [0.29, 0.717) is 12.4 Å². The van der Waals surface area contributed by atoms with Gasteiger partial charge in [-0.15, -0.1) is 5.10 Å². The van der Waals surface area contributed by atoms with Crippen LogP contribution in [0.15, 0.2) is 42.9 Å². The number of aromatic nitrogens is 6. The van der Waals surface area contributed by atoms with E-state index in [0.717, 1.165) is 5.56 Å². The van der Waals surface area contributed by atoms with Crippen LogP contribution in [0.4, 0.5) is 0 Å². The fourth-order valence-electron chi connectivity index (χ4n) is 1.89. The second kappa shape index (κ2) is 6.17. The number of aryl methyl sites for hydroxylation is 1. The molecule has 0 bridgehead atoms. The van der Waals surface area contributed by atoms with Crippen molar-refractivity contribution in [3.8, 4) is 0 Å². The van der Waals surface area contributed by atoms with Crippen molar-refractivity contribution in [2.24, 2.45) is 7.05 Å². The molecule has 0 saturated carbocycles. The highest BCUT2D eigenvalue weighted by molar-refractivity contribution is 5.86. The zero-order valence-corrected chi connectivity index (χ0v) is 12.0. The predicted octanol–water partition coefficient (Wildman–Crippen LogP) is 0.812. The summed E-state index contributed by atoms with van der Waals surface area (Å²) in [4.78, 5) is 15.9. The molecule has 2 aromatic heterocycles. The summed E-state index contributed by atoms with van der Waals surface area (Å²) in [6, 6.07) is 9.80. The summed E-state index contributed by atoms with van der Waals surface area (Å²) in [5.74, 6) is 0.0207. The zero-order chi connectivity index (χ0) is 15.4. The standard InChI is InChI=1S/C14H14N6O2/c1-19-13(15-10-16-19)9-22-14(21)12-8-20(18-17-12)7-11-5-3-2-4-6-11/h2-6,8,10H,7,9H2,1H3. The van der Waals surface area contributed by atoms with E-state index in [1.54, 1.807) is 22.6 Å². The van der Waals surface area contributed by atoms with E-state index in [2.05, 4.69) is 20.4 Å². The van der Waals surface area contributed by atoms with Gasteiger partial charge in [0, 0.05) is 7.05 Å². The lowest BCUT2D eigenvalue weighted by Gasteiger charge is -2.01. The molecule has 112 valence electrons. The van der Waals surface area contributed by atoms with Crippen LogP contribution in [0.1, 0.15) is 21.9 Å². The molecule has 0 radical (unpaired) electrons. The number of esters is 1. The SMILES string of the molecule is Cn1ncnc1COC(=O)c1cn(Cc2ccccc2)nn1. The fraction of sp³-hybridized carbons (Fsp3) is 0.214. The first-order valence-corrected chi connectivity index (χ1v) is 6.66. The van der Waals surface area contributed by atoms with Crippen LogP contribution in [0.3, 0.4) is 0 Å². The fourth-order valence-corrected chi connectivity index (χ4v) is 1.89. The highest BCUT2D eigenvalue weighted by Crippen LogP contribution is 2.04. The summed E-state index contributed by atoms with van der Waals surface area (Å²) < 4.78 is 8.27. The first-order valence-electron chi connectivity index (χ1n) is 6.66. The number of benzene rings is 1. The Bertz CT molecular complexity index is 765. The monoisotopic (exact) mass is 298 g/mol. The van der Waals surface area contributed by atoms with E-state index in [1.807, 2.05) is 30.3 Å². The van der Waals surface area contributed by atoms with Crippen LogP contribution in [0, 0.1) is 0 Å². The Balaban J connectivity index is 1.61. The molecule has 0 aliphatic rings.